The second kappa shape index (κ2) is 6.92. The standard InChI is InChI=1S/C13H38O5Si6/c1-19(2,3)14-22(10)13-23(11,15-20(4,5)6)18-24(12,17-22)16-21(7,8)9/h13H2,1-12H3. The highest BCUT2D eigenvalue weighted by Gasteiger charge is 2.61. The van der Waals surface area contributed by atoms with E-state index in [1.165, 1.54) is 0 Å². The zero-order valence-electron chi connectivity index (χ0n) is 17.7. The molecule has 5 nitrogen and oxygen atoms in total. The second-order valence-corrected chi connectivity index (χ2v) is 34.6. The fraction of sp³-hybridized carbons (Fsp3) is 1.00. The summed E-state index contributed by atoms with van der Waals surface area (Å²) in [5.74, 6) is 0. The Hall–Kier alpha value is 1.10. The lowest BCUT2D eigenvalue weighted by Crippen LogP contribution is -2.71. The van der Waals surface area contributed by atoms with E-state index in [2.05, 4.69) is 72.0 Å². The molecule has 0 aromatic heterocycles. The highest BCUT2D eigenvalue weighted by Crippen LogP contribution is 2.39. The van der Waals surface area contributed by atoms with Crippen molar-refractivity contribution in [3.8, 4) is 0 Å². The van der Waals surface area contributed by atoms with E-state index in [1.807, 2.05) is 6.55 Å². The fourth-order valence-corrected chi connectivity index (χ4v) is 35.7. The zero-order chi connectivity index (χ0) is 19.2. The summed E-state index contributed by atoms with van der Waals surface area (Å²) in [5.41, 5.74) is 0.826. The molecule has 2 unspecified atom stereocenters. The molecule has 24 heavy (non-hydrogen) atoms. The summed E-state index contributed by atoms with van der Waals surface area (Å²) >= 11 is 0. The lowest BCUT2D eigenvalue weighted by Gasteiger charge is -2.52. The molecule has 0 radical (unpaired) electrons. The van der Waals surface area contributed by atoms with E-state index >= 15 is 0 Å². The van der Waals surface area contributed by atoms with Gasteiger partial charge in [-0.3, -0.25) is 0 Å². The third-order valence-corrected chi connectivity index (χ3v) is 26.8. The summed E-state index contributed by atoms with van der Waals surface area (Å²) in [5, 5.41) is 0. The lowest BCUT2D eigenvalue weighted by atomic mass is 11.8. The van der Waals surface area contributed by atoms with Gasteiger partial charge in [-0.2, -0.15) is 0 Å². The van der Waals surface area contributed by atoms with Crippen molar-refractivity contribution in [2.75, 3.05) is 0 Å². The van der Waals surface area contributed by atoms with Gasteiger partial charge in [0.05, 0.1) is 0 Å². The van der Waals surface area contributed by atoms with E-state index in [1.54, 1.807) is 0 Å². The lowest BCUT2D eigenvalue weighted by molar-refractivity contribution is 0.194. The van der Waals surface area contributed by atoms with Gasteiger partial charge >= 0.3 is 25.9 Å². The molecule has 1 fully saturated rings. The first-order valence-electron chi connectivity index (χ1n) is 8.75. The summed E-state index contributed by atoms with van der Waals surface area (Å²) in [6.45, 7) is 26.3. The van der Waals surface area contributed by atoms with Crippen molar-refractivity contribution < 1.29 is 20.6 Å². The van der Waals surface area contributed by atoms with Gasteiger partial charge in [0.25, 0.3) is 0 Å². The van der Waals surface area contributed by atoms with Crippen LogP contribution in [0.4, 0.5) is 0 Å². The molecule has 0 aliphatic carbocycles. The van der Waals surface area contributed by atoms with Crippen LogP contribution < -0.4 is 0 Å². The van der Waals surface area contributed by atoms with E-state index in [0.29, 0.717) is 0 Å². The van der Waals surface area contributed by atoms with Crippen LogP contribution in [0, 0.1) is 0 Å². The summed E-state index contributed by atoms with van der Waals surface area (Å²) in [7, 11) is -12.8. The molecule has 0 aromatic rings. The van der Waals surface area contributed by atoms with E-state index < -0.39 is 50.9 Å². The summed E-state index contributed by atoms with van der Waals surface area (Å²) in [4.78, 5) is 0. The maximum Gasteiger partial charge on any atom is 0.469 e. The van der Waals surface area contributed by atoms with Gasteiger partial charge in [-0.05, 0) is 72.0 Å². The van der Waals surface area contributed by atoms with Gasteiger partial charge in [-0.15, -0.1) is 0 Å². The third-order valence-electron chi connectivity index (χ3n) is 2.98. The van der Waals surface area contributed by atoms with Gasteiger partial charge in [0.15, 0.2) is 25.0 Å². The molecular formula is C13H38O5Si6. The van der Waals surface area contributed by atoms with Crippen molar-refractivity contribution in [1.82, 2.24) is 0 Å². The average Bonchev–Trinajstić information content (AvgIpc) is 1.98. The molecule has 0 amide bonds. The Morgan fingerprint density at radius 2 is 0.875 bits per heavy atom. The maximum atomic E-state index is 6.60. The van der Waals surface area contributed by atoms with Gasteiger partial charge in [-0.1, -0.05) is 0 Å². The van der Waals surface area contributed by atoms with Crippen molar-refractivity contribution >= 4 is 50.9 Å². The first-order chi connectivity index (χ1) is 10.2. The highest BCUT2D eigenvalue weighted by molar-refractivity contribution is 7.01. The van der Waals surface area contributed by atoms with Crippen molar-refractivity contribution in [2.45, 2.75) is 84.2 Å². The Morgan fingerprint density at radius 1 is 0.583 bits per heavy atom. The molecule has 1 heterocycles. The molecule has 1 rings (SSSR count). The molecule has 0 spiro atoms. The van der Waals surface area contributed by atoms with E-state index in [9.17, 15) is 0 Å². The van der Waals surface area contributed by atoms with Crippen molar-refractivity contribution in [2.24, 2.45) is 0 Å². The Morgan fingerprint density at radius 3 is 1.12 bits per heavy atom. The van der Waals surface area contributed by atoms with Gasteiger partial charge in [0.2, 0.25) is 0 Å². The summed E-state index contributed by atoms with van der Waals surface area (Å²) < 4.78 is 32.8. The van der Waals surface area contributed by atoms with Gasteiger partial charge in [0.1, 0.15) is 0 Å². The first-order valence-corrected chi connectivity index (χ1v) is 26.2. The Kier molecular flexibility index (Phi) is 6.68. The quantitative estimate of drug-likeness (QED) is 0.551. The minimum atomic E-state index is -2.76. The molecular weight excluding hydrogens is 405 g/mol. The normalized spacial score (nSPS) is 36.0. The van der Waals surface area contributed by atoms with Gasteiger partial charge in [0, 0.05) is 12.2 Å². The Labute approximate surface area is 155 Å². The molecule has 144 valence electrons. The van der Waals surface area contributed by atoms with Crippen LogP contribution >= 0.6 is 0 Å². The topological polar surface area (TPSA) is 46.2 Å². The minimum absolute atomic E-state index is 0.826. The van der Waals surface area contributed by atoms with Crippen LogP contribution in [0.2, 0.25) is 84.2 Å². The molecule has 2 atom stereocenters. The molecule has 0 saturated carbocycles. The third kappa shape index (κ3) is 8.20. The van der Waals surface area contributed by atoms with Crippen LogP contribution in [-0.4, -0.2) is 50.9 Å². The van der Waals surface area contributed by atoms with Crippen LogP contribution in [0.5, 0.6) is 0 Å². The molecule has 0 N–H and O–H groups in total. The molecule has 1 aliphatic heterocycles. The number of hydrogen-bond donors (Lipinski definition) is 0. The van der Waals surface area contributed by atoms with Crippen LogP contribution in [0.1, 0.15) is 0 Å². The van der Waals surface area contributed by atoms with Crippen LogP contribution in [0.3, 0.4) is 0 Å². The fourth-order valence-electron chi connectivity index (χ4n) is 3.47. The molecule has 1 saturated heterocycles. The predicted molar refractivity (Wildman–Crippen MR) is 115 cm³/mol. The van der Waals surface area contributed by atoms with Crippen LogP contribution in [-0.2, 0) is 20.6 Å². The second-order valence-electron chi connectivity index (χ2n) is 10.2. The number of hydrogen-bond acceptors (Lipinski definition) is 5. The van der Waals surface area contributed by atoms with Crippen LogP contribution in [0.15, 0.2) is 0 Å². The molecule has 0 bridgehead atoms. The maximum absolute atomic E-state index is 6.60. The van der Waals surface area contributed by atoms with E-state index in [4.69, 9.17) is 20.6 Å². The molecule has 1 aliphatic rings. The summed E-state index contributed by atoms with van der Waals surface area (Å²) in [6.07, 6.45) is 0. The average molecular weight is 443 g/mol. The highest BCUT2D eigenvalue weighted by atomic mass is 28.6. The van der Waals surface area contributed by atoms with Crippen molar-refractivity contribution in [3.63, 3.8) is 0 Å². The zero-order valence-corrected chi connectivity index (χ0v) is 23.7. The molecule has 11 heteroatoms. The van der Waals surface area contributed by atoms with Crippen LogP contribution in [0.25, 0.3) is 0 Å². The van der Waals surface area contributed by atoms with Gasteiger partial charge < -0.3 is 20.6 Å². The van der Waals surface area contributed by atoms with Crippen molar-refractivity contribution in [1.29, 1.82) is 0 Å². The largest absolute Gasteiger partial charge is 0.469 e. The van der Waals surface area contributed by atoms with Crippen molar-refractivity contribution in [3.05, 3.63) is 0 Å². The Bertz CT molecular complexity index is 381. The predicted octanol–water partition coefficient (Wildman–Crippen LogP) is 4.84. The van der Waals surface area contributed by atoms with E-state index in [0.717, 1.165) is 5.67 Å². The van der Waals surface area contributed by atoms with E-state index in [-0.39, 0.29) is 0 Å². The monoisotopic (exact) mass is 442 g/mol. The number of rotatable bonds is 6. The molecule has 0 aromatic carbocycles. The first kappa shape index (κ1) is 23.1. The SMILES string of the molecule is C[Si](C)(C)O[Si]1(C)C[Si](C)(O[Si](C)(C)C)O[Si](C)(O[Si](C)(C)C)O1. The summed E-state index contributed by atoms with van der Waals surface area (Å²) in [6, 6.07) is 0. The Balaban J connectivity index is 3.20. The minimum Gasteiger partial charge on any atom is -0.437 e. The smallest absolute Gasteiger partial charge is 0.437 e. The van der Waals surface area contributed by atoms with Gasteiger partial charge in [-0.25, -0.2) is 0 Å².